The number of carboxylic acids is 1. The average molecular weight is 381 g/mol. The second kappa shape index (κ2) is 9.38. The number of likely N-dealkylation sites (N-methyl/N-ethyl adjacent to an activating group) is 1. The molecule has 1 unspecified atom stereocenters. The third-order valence-electron chi connectivity index (χ3n) is 5.18. The Balaban J connectivity index is 2.04. The molecule has 26 heavy (non-hydrogen) atoms. The molecule has 5 nitrogen and oxygen atoms in total. The Morgan fingerprint density at radius 3 is 2.46 bits per heavy atom. The molecule has 0 bridgehead atoms. The van der Waals surface area contributed by atoms with E-state index < -0.39 is 5.97 Å². The fraction of sp³-hybridized carbons (Fsp3) is 0.600. The summed E-state index contributed by atoms with van der Waals surface area (Å²) in [5.41, 5.74) is 0.959. The molecule has 144 valence electrons. The smallest absolute Gasteiger partial charge is 0.317 e. The number of rotatable bonds is 7. The van der Waals surface area contributed by atoms with E-state index in [9.17, 15) is 9.59 Å². The Kier molecular flexibility index (Phi) is 7.47. The zero-order valence-electron chi connectivity index (χ0n) is 15.8. The van der Waals surface area contributed by atoms with E-state index in [2.05, 4.69) is 13.8 Å². The lowest BCUT2D eigenvalue weighted by Gasteiger charge is -2.39. The fourth-order valence-corrected chi connectivity index (χ4v) is 4.03. The van der Waals surface area contributed by atoms with E-state index >= 15 is 0 Å². The van der Waals surface area contributed by atoms with Crippen molar-refractivity contribution in [2.75, 3.05) is 26.2 Å². The van der Waals surface area contributed by atoms with Crippen LogP contribution in [0.4, 0.5) is 0 Å². The lowest BCUT2D eigenvalue weighted by molar-refractivity contribution is -0.140. The molecule has 2 rings (SSSR count). The van der Waals surface area contributed by atoms with Gasteiger partial charge < -0.3 is 10.0 Å². The fourth-order valence-electron chi connectivity index (χ4n) is 3.83. The van der Waals surface area contributed by atoms with Gasteiger partial charge in [0.25, 0.3) is 0 Å². The second-order valence-electron chi connectivity index (χ2n) is 7.29. The molecule has 1 N–H and O–H groups in total. The first-order chi connectivity index (χ1) is 12.3. The molecule has 1 saturated heterocycles. The predicted molar refractivity (Wildman–Crippen MR) is 104 cm³/mol. The minimum Gasteiger partial charge on any atom is -0.480 e. The summed E-state index contributed by atoms with van der Waals surface area (Å²) in [6, 6.07) is 7.77. The Bertz CT molecular complexity index is 627. The maximum absolute atomic E-state index is 13.2. The van der Waals surface area contributed by atoms with Gasteiger partial charge in [-0.3, -0.25) is 14.5 Å². The zero-order valence-corrected chi connectivity index (χ0v) is 16.6. The quantitative estimate of drug-likeness (QED) is 0.786. The number of carboxylic acid groups (broad SMARTS) is 1. The van der Waals surface area contributed by atoms with Crippen LogP contribution in [0.25, 0.3) is 0 Å². The first-order valence-electron chi connectivity index (χ1n) is 9.33. The number of hydrogen-bond acceptors (Lipinski definition) is 3. The largest absolute Gasteiger partial charge is 0.480 e. The Hall–Kier alpha value is -1.59. The van der Waals surface area contributed by atoms with Gasteiger partial charge in [-0.25, -0.2) is 0 Å². The summed E-state index contributed by atoms with van der Waals surface area (Å²) >= 11 is 6.12. The highest BCUT2D eigenvalue weighted by atomic mass is 35.5. The Labute approximate surface area is 160 Å². The van der Waals surface area contributed by atoms with E-state index in [1.807, 2.05) is 41.0 Å². The molecule has 1 fully saturated rings. The highest BCUT2D eigenvalue weighted by Crippen LogP contribution is 2.30. The molecular weight excluding hydrogens is 352 g/mol. The number of carbonyl (C=O) groups excluding carboxylic acids is 1. The van der Waals surface area contributed by atoms with Gasteiger partial charge in [-0.2, -0.15) is 0 Å². The van der Waals surface area contributed by atoms with Crippen LogP contribution in [0.1, 0.15) is 45.1 Å². The van der Waals surface area contributed by atoms with Gasteiger partial charge in [0.1, 0.15) is 0 Å². The number of nitrogens with zero attached hydrogens (tertiary/aromatic N) is 2. The van der Waals surface area contributed by atoms with Crippen molar-refractivity contribution in [3.05, 3.63) is 34.9 Å². The van der Waals surface area contributed by atoms with E-state index in [-0.39, 0.29) is 30.3 Å². The molecule has 1 atom stereocenters. The summed E-state index contributed by atoms with van der Waals surface area (Å²) in [7, 11) is 0. The van der Waals surface area contributed by atoms with E-state index in [4.69, 9.17) is 16.7 Å². The van der Waals surface area contributed by atoms with E-state index in [1.165, 1.54) is 0 Å². The lowest BCUT2D eigenvalue weighted by Crippen LogP contribution is -2.49. The Morgan fingerprint density at radius 2 is 1.96 bits per heavy atom. The van der Waals surface area contributed by atoms with Gasteiger partial charge in [-0.1, -0.05) is 44.5 Å². The number of halogens is 1. The summed E-state index contributed by atoms with van der Waals surface area (Å²) in [6.45, 7) is 8.21. The first kappa shape index (κ1) is 20.7. The monoisotopic (exact) mass is 380 g/mol. The average Bonchev–Trinajstić information content (AvgIpc) is 2.59. The van der Waals surface area contributed by atoms with Crippen molar-refractivity contribution in [3.63, 3.8) is 0 Å². The normalized spacial score (nSPS) is 16.9. The van der Waals surface area contributed by atoms with Gasteiger partial charge in [-0.05, 0) is 43.0 Å². The van der Waals surface area contributed by atoms with Crippen LogP contribution in [0, 0.1) is 5.92 Å². The molecule has 1 aliphatic rings. The predicted octanol–water partition coefficient (Wildman–Crippen LogP) is 3.48. The SMILES string of the molecule is CCN(CC(=O)O)C1CCN(C(=O)C(c2cccc(Cl)c2)C(C)C)CC1. The van der Waals surface area contributed by atoms with Crippen LogP contribution in [0.15, 0.2) is 24.3 Å². The summed E-state index contributed by atoms with van der Waals surface area (Å²) in [5, 5.41) is 9.70. The maximum Gasteiger partial charge on any atom is 0.317 e. The number of piperidine rings is 1. The standard InChI is InChI=1S/C20H29ClN2O3/c1-4-22(13-18(24)25)17-8-10-23(11-9-17)20(26)19(14(2)3)15-6-5-7-16(21)12-15/h5-7,12,14,17,19H,4,8-11,13H2,1-3H3,(H,24,25). The summed E-state index contributed by atoms with van der Waals surface area (Å²) in [6.07, 6.45) is 1.63. The minimum atomic E-state index is -0.800. The van der Waals surface area contributed by atoms with Gasteiger partial charge >= 0.3 is 5.97 Å². The minimum absolute atomic E-state index is 0.0618. The van der Waals surface area contributed by atoms with Crippen LogP contribution in [0.2, 0.25) is 5.02 Å². The summed E-state index contributed by atoms with van der Waals surface area (Å²) in [4.78, 5) is 28.1. The molecular formula is C20H29ClN2O3. The third-order valence-corrected chi connectivity index (χ3v) is 5.41. The maximum atomic E-state index is 13.2. The lowest BCUT2D eigenvalue weighted by atomic mass is 9.86. The topological polar surface area (TPSA) is 60.9 Å². The van der Waals surface area contributed by atoms with Crippen LogP contribution in [-0.2, 0) is 9.59 Å². The van der Waals surface area contributed by atoms with Crippen molar-refractivity contribution in [2.24, 2.45) is 5.92 Å². The van der Waals surface area contributed by atoms with Crippen molar-refractivity contribution >= 4 is 23.5 Å². The molecule has 1 heterocycles. The number of likely N-dealkylation sites (tertiary alicyclic amines) is 1. The van der Waals surface area contributed by atoms with Gasteiger partial charge in [0.2, 0.25) is 5.91 Å². The molecule has 0 spiro atoms. The van der Waals surface area contributed by atoms with Crippen molar-refractivity contribution < 1.29 is 14.7 Å². The van der Waals surface area contributed by atoms with Crippen molar-refractivity contribution in [3.8, 4) is 0 Å². The number of carbonyl (C=O) groups is 2. The molecule has 0 aliphatic carbocycles. The van der Waals surface area contributed by atoms with Gasteiger partial charge in [0.15, 0.2) is 0 Å². The van der Waals surface area contributed by atoms with E-state index in [0.717, 1.165) is 18.4 Å². The van der Waals surface area contributed by atoms with Crippen LogP contribution in [-0.4, -0.2) is 59.0 Å². The van der Waals surface area contributed by atoms with E-state index in [0.29, 0.717) is 24.7 Å². The van der Waals surface area contributed by atoms with Crippen LogP contribution in [0.5, 0.6) is 0 Å². The highest BCUT2D eigenvalue weighted by molar-refractivity contribution is 6.30. The first-order valence-corrected chi connectivity index (χ1v) is 9.71. The number of aliphatic carboxylic acids is 1. The summed E-state index contributed by atoms with van der Waals surface area (Å²) in [5.74, 6) is -0.683. The molecule has 1 aromatic carbocycles. The Morgan fingerprint density at radius 1 is 1.31 bits per heavy atom. The molecule has 0 aromatic heterocycles. The number of amides is 1. The van der Waals surface area contributed by atoms with Crippen molar-refractivity contribution in [1.82, 2.24) is 9.80 Å². The molecule has 6 heteroatoms. The highest BCUT2D eigenvalue weighted by Gasteiger charge is 2.32. The second-order valence-corrected chi connectivity index (χ2v) is 7.73. The zero-order chi connectivity index (χ0) is 19.3. The third kappa shape index (κ3) is 5.21. The molecule has 1 amide bonds. The van der Waals surface area contributed by atoms with E-state index in [1.54, 1.807) is 0 Å². The molecule has 1 aliphatic heterocycles. The van der Waals surface area contributed by atoms with Gasteiger partial charge in [0.05, 0.1) is 12.5 Å². The van der Waals surface area contributed by atoms with Crippen LogP contribution >= 0.6 is 11.6 Å². The summed E-state index contributed by atoms with van der Waals surface area (Å²) < 4.78 is 0. The van der Waals surface area contributed by atoms with Crippen molar-refractivity contribution in [1.29, 1.82) is 0 Å². The number of hydrogen-bond donors (Lipinski definition) is 1. The number of benzene rings is 1. The van der Waals surface area contributed by atoms with Gasteiger partial charge in [-0.15, -0.1) is 0 Å². The van der Waals surface area contributed by atoms with Crippen molar-refractivity contribution in [2.45, 2.75) is 45.6 Å². The molecule has 0 saturated carbocycles. The van der Waals surface area contributed by atoms with Gasteiger partial charge in [0, 0.05) is 24.2 Å². The van der Waals surface area contributed by atoms with Crippen LogP contribution in [0.3, 0.4) is 0 Å². The van der Waals surface area contributed by atoms with Crippen LogP contribution < -0.4 is 0 Å². The molecule has 1 aromatic rings. The molecule has 0 radical (unpaired) electrons.